The predicted octanol–water partition coefficient (Wildman–Crippen LogP) is 3.64. The van der Waals surface area contributed by atoms with Crippen molar-refractivity contribution in [3.63, 3.8) is 0 Å². The summed E-state index contributed by atoms with van der Waals surface area (Å²) < 4.78 is 5.58. The van der Waals surface area contributed by atoms with Crippen LogP contribution in [-0.2, 0) is 0 Å². The van der Waals surface area contributed by atoms with Gasteiger partial charge < -0.3 is 10.1 Å². The third-order valence-electron chi connectivity index (χ3n) is 3.82. The molecule has 2 rings (SSSR count). The Balaban J connectivity index is 1.93. The molecule has 2 unspecified atom stereocenters. The van der Waals surface area contributed by atoms with Crippen molar-refractivity contribution in [3.8, 4) is 5.88 Å². The fraction of sp³-hybridized carbons (Fsp3) is 0.733. The molecule has 20 heavy (non-hydrogen) atoms. The van der Waals surface area contributed by atoms with Gasteiger partial charge in [0.15, 0.2) is 0 Å². The lowest BCUT2D eigenvalue weighted by Gasteiger charge is -2.18. The van der Waals surface area contributed by atoms with E-state index in [4.69, 9.17) is 16.3 Å². The number of alkyl halides is 1. The van der Waals surface area contributed by atoms with Gasteiger partial charge in [0.1, 0.15) is 0 Å². The zero-order valence-electron chi connectivity index (χ0n) is 12.4. The fourth-order valence-electron chi connectivity index (χ4n) is 2.71. The Kier molecular flexibility index (Phi) is 5.89. The maximum Gasteiger partial charge on any atom is 0.226 e. The monoisotopic (exact) mass is 297 g/mol. The van der Waals surface area contributed by atoms with Gasteiger partial charge in [0.25, 0.3) is 0 Å². The summed E-state index contributed by atoms with van der Waals surface area (Å²) in [6.45, 7) is 5.63. The number of aromatic nitrogens is 2. The average molecular weight is 298 g/mol. The molecule has 0 spiro atoms. The molecular weight excluding hydrogens is 274 g/mol. The summed E-state index contributed by atoms with van der Waals surface area (Å²) in [6, 6.07) is 1.87. The summed E-state index contributed by atoms with van der Waals surface area (Å²) in [5.74, 6) is 3.34. The van der Waals surface area contributed by atoms with Gasteiger partial charge in [-0.05, 0) is 38.0 Å². The molecule has 0 amide bonds. The number of anilines is 1. The van der Waals surface area contributed by atoms with Crippen LogP contribution in [0, 0.1) is 18.8 Å². The number of halogens is 1. The molecule has 4 nitrogen and oxygen atoms in total. The van der Waals surface area contributed by atoms with Gasteiger partial charge in [-0.2, -0.15) is 4.98 Å². The van der Waals surface area contributed by atoms with Crippen molar-refractivity contribution < 1.29 is 4.74 Å². The van der Waals surface area contributed by atoms with Crippen molar-refractivity contribution in [2.75, 3.05) is 24.3 Å². The van der Waals surface area contributed by atoms with Gasteiger partial charge in [-0.15, -0.1) is 11.6 Å². The van der Waals surface area contributed by atoms with Crippen LogP contribution in [0.4, 0.5) is 5.95 Å². The largest absolute Gasteiger partial charge is 0.478 e. The molecule has 2 atom stereocenters. The predicted molar refractivity (Wildman–Crippen MR) is 82.6 cm³/mol. The number of aryl methyl sites for hydroxylation is 1. The maximum atomic E-state index is 6.01. The van der Waals surface area contributed by atoms with Crippen molar-refractivity contribution in [3.05, 3.63) is 11.8 Å². The number of ether oxygens (including phenoxy) is 1. The summed E-state index contributed by atoms with van der Waals surface area (Å²) in [5.41, 5.74) is 0.925. The molecule has 112 valence electrons. The molecule has 0 aliphatic heterocycles. The van der Waals surface area contributed by atoms with E-state index in [0.717, 1.165) is 24.5 Å². The minimum absolute atomic E-state index is 0.629. The van der Waals surface area contributed by atoms with Crippen molar-refractivity contribution in [1.82, 2.24) is 9.97 Å². The first kappa shape index (κ1) is 15.4. The number of nitrogens with zero attached hydrogens (tertiary/aromatic N) is 2. The van der Waals surface area contributed by atoms with Crippen LogP contribution in [0.5, 0.6) is 5.88 Å². The van der Waals surface area contributed by atoms with Crippen molar-refractivity contribution in [2.24, 2.45) is 11.8 Å². The Morgan fingerprint density at radius 2 is 2.15 bits per heavy atom. The van der Waals surface area contributed by atoms with Gasteiger partial charge in [0, 0.05) is 24.2 Å². The van der Waals surface area contributed by atoms with Gasteiger partial charge >= 0.3 is 0 Å². The number of hydrogen-bond donors (Lipinski definition) is 1. The molecule has 1 N–H and O–H groups in total. The van der Waals surface area contributed by atoms with E-state index in [-0.39, 0.29) is 0 Å². The molecule has 1 aromatic heterocycles. The summed E-state index contributed by atoms with van der Waals surface area (Å²) in [4.78, 5) is 8.82. The first-order chi connectivity index (χ1) is 9.72. The second-order valence-corrected chi connectivity index (χ2v) is 5.81. The van der Waals surface area contributed by atoms with Crippen molar-refractivity contribution in [1.29, 1.82) is 0 Å². The highest BCUT2D eigenvalue weighted by Crippen LogP contribution is 2.32. The molecule has 0 bridgehead atoms. The van der Waals surface area contributed by atoms with E-state index in [1.54, 1.807) is 0 Å². The van der Waals surface area contributed by atoms with E-state index in [1.807, 2.05) is 13.0 Å². The van der Waals surface area contributed by atoms with Gasteiger partial charge in [-0.25, -0.2) is 4.98 Å². The van der Waals surface area contributed by atoms with Gasteiger partial charge in [0.2, 0.25) is 11.8 Å². The third kappa shape index (κ3) is 4.23. The van der Waals surface area contributed by atoms with E-state index in [0.29, 0.717) is 30.3 Å². The van der Waals surface area contributed by atoms with Crippen molar-refractivity contribution >= 4 is 17.5 Å². The molecule has 1 aliphatic rings. The second-order valence-electron chi connectivity index (χ2n) is 5.51. The molecule has 0 aromatic carbocycles. The summed E-state index contributed by atoms with van der Waals surface area (Å²) in [6.07, 6.45) is 4.75. The van der Waals surface area contributed by atoms with E-state index < -0.39 is 0 Å². The normalized spacial score (nSPS) is 21.9. The molecule has 5 heteroatoms. The number of rotatable bonds is 7. The maximum absolute atomic E-state index is 6.01. The lowest BCUT2D eigenvalue weighted by molar-refractivity contribution is 0.304. The lowest BCUT2D eigenvalue weighted by Crippen LogP contribution is -2.20. The van der Waals surface area contributed by atoms with Crippen LogP contribution < -0.4 is 10.1 Å². The molecule has 1 aliphatic carbocycles. The van der Waals surface area contributed by atoms with E-state index in [2.05, 4.69) is 22.2 Å². The minimum Gasteiger partial charge on any atom is -0.478 e. The zero-order chi connectivity index (χ0) is 14.4. The highest BCUT2D eigenvalue weighted by atomic mass is 35.5. The van der Waals surface area contributed by atoms with Crippen LogP contribution in [0.1, 0.15) is 38.3 Å². The molecule has 0 radical (unpaired) electrons. The molecule has 1 heterocycles. The Labute approximate surface area is 126 Å². The number of nitrogens with one attached hydrogen (secondary N) is 1. The van der Waals surface area contributed by atoms with Gasteiger partial charge in [-0.3, -0.25) is 0 Å². The van der Waals surface area contributed by atoms with Crippen LogP contribution in [0.15, 0.2) is 6.07 Å². The Morgan fingerprint density at radius 1 is 1.35 bits per heavy atom. The summed E-state index contributed by atoms with van der Waals surface area (Å²) in [7, 11) is 0. The third-order valence-corrected chi connectivity index (χ3v) is 4.22. The lowest BCUT2D eigenvalue weighted by atomic mass is 9.98. The summed E-state index contributed by atoms with van der Waals surface area (Å²) in [5, 5.41) is 3.35. The molecule has 1 fully saturated rings. The smallest absolute Gasteiger partial charge is 0.226 e. The highest BCUT2D eigenvalue weighted by molar-refractivity contribution is 6.18. The van der Waals surface area contributed by atoms with Crippen LogP contribution in [0.3, 0.4) is 0 Å². The first-order valence-corrected chi connectivity index (χ1v) is 8.04. The molecule has 1 aromatic rings. The van der Waals surface area contributed by atoms with E-state index in [9.17, 15) is 0 Å². The van der Waals surface area contributed by atoms with Crippen LogP contribution in [0.25, 0.3) is 0 Å². The van der Waals surface area contributed by atoms with Crippen LogP contribution >= 0.6 is 11.6 Å². The molecule has 1 saturated carbocycles. The Bertz CT molecular complexity index is 428. The second kappa shape index (κ2) is 7.67. The van der Waals surface area contributed by atoms with Gasteiger partial charge in [-0.1, -0.05) is 13.3 Å². The van der Waals surface area contributed by atoms with Crippen LogP contribution in [0.2, 0.25) is 0 Å². The van der Waals surface area contributed by atoms with Crippen LogP contribution in [-0.4, -0.2) is 29.0 Å². The average Bonchev–Trinajstić information content (AvgIpc) is 2.90. The standard InChI is InChI=1S/C15H24ClN3O/c1-3-7-20-14-8-11(2)18-15(19-14)17-10-13-6-4-5-12(13)9-16/h8,12-13H,3-7,9-10H2,1-2H3,(H,17,18,19). The zero-order valence-corrected chi connectivity index (χ0v) is 13.1. The van der Waals surface area contributed by atoms with Gasteiger partial charge in [0.05, 0.1) is 6.61 Å². The Hall–Kier alpha value is -1.03. The molecular formula is C15H24ClN3O. The topological polar surface area (TPSA) is 47.0 Å². The number of hydrogen-bond acceptors (Lipinski definition) is 4. The first-order valence-electron chi connectivity index (χ1n) is 7.51. The summed E-state index contributed by atoms with van der Waals surface area (Å²) >= 11 is 6.01. The Morgan fingerprint density at radius 3 is 2.90 bits per heavy atom. The molecule has 0 saturated heterocycles. The van der Waals surface area contributed by atoms with Crippen molar-refractivity contribution in [2.45, 2.75) is 39.5 Å². The minimum atomic E-state index is 0.629. The van der Waals surface area contributed by atoms with E-state index >= 15 is 0 Å². The quantitative estimate of drug-likeness (QED) is 0.781. The van der Waals surface area contributed by atoms with E-state index in [1.165, 1.54) is 19.3 Å². The SMILES string of the molecule is CCCOc1cc(C)nc(NCC2CCCC2CCl)n1. The fourth-order valence-corrected chi connectivity index (χ4v) is 3.11. The highest BCUT2D eigenvalue weighted by Gasteiger charge is 2.26.